The van der Waals surface area contributed by atoms with Gasteiger partial charge in [0.2, 0.25) is 0 Å². The van der Waals surface area contributed by atoms with Crippen molar-refractivity contribution in [2.45, 2.75) is 13.0 Å². The summed E-state index contributed by atoms with van der Waals surface area (Å²) in [7, 11) is 6.33. The molecule has 0 aliphatic carbocycles. The van der Waals surface area contributed by atoms with Crippen LogP contribution in [0.25, 0.3) is 10.9 Å². The number of nitrogens with one attached hydrogen (secondary N) is 2. The fourth-order valence-corrected chi connectivity index (χ4v) is 3.88. The highest BCUT2D eigenvalue weighted by Crippen LogP contribution is 2.32. The van der Waals surface area contributed by atoms with Crippen molar-refractivity contribution in [3.8, 4) is 0 Å². The molecule has 3 aromatic rings. The maximum absolute atomic E-state index is 12.5. The van der Waals surface area contributed by atoms with Crippen LogP contribution in [-0.4, -0.2) is 72.9 Å². The second-order valence-corrected chi connectivity index (χ2v) is 9.27. The number of ether oxygens (including phenoxy) is 1. The molecule has 1 atom stereocenters. The zero-order valence-corrected chi connectivity index (χ0v) is 18.2. The number of benzene rings is 1. The number of H-pyrrole nitrogens is 1. The van der Waals surface area contributed by atoms with E-state index in [1.165, 1.54) is 11.3 Å². The van der Waals surface area contributed by atoms with Crippen LogP contribution in [0.15, 0.2) is 30.5 Å². The minimum Gasteiger partial charge on any atom is -0.381 e. The lowest BCUT2D eigenvalue weighted by Gasteiger charge is -2.23. The van der Waals surface area contributed by atoms with Gasteiger partial charge in [0.25, 0.3) is 5.91 Å². The van der Waals surface area contributed by atoms with Gasteiger partial charge in [-0.3, -0.25) is 4.79 Å². The molecule has 7 nitrogen and oxygen atoms in total. The number of aliphatic hydroxyl groups is 1. The topological polar surface area (TPSA) is 87.2 Å². The number of amides is 1. The molecule has 3 N–H and O–H groups in total. The summed E-state index contributed by atoms with van der Waals surface area (Å²) in [6, 6.07) is 7.79. The molecule has 0 aliphatic heterocycles. The first-order valence-corrected chi connectivity index (χ1v) is 10.5. The molecule has 3 rings (SSSR count). The number of quaternary nitrogens is 1. The number of aryl methyl sites for hydroxylation is 1. The molecule has 0 radical (unpaired) electrons. The average Bonchev–Trinajstić information content (AvgIpc) is 3.26. The second kappa shape index (κ2) is 9.04. The molecule has 0 saturated carbocycles. The van der Waals surface area contributed by atoms with E-state index in [9.17, 15) is 9.90 Å². The minimum absolute atomic E-state index is 0.244. The second-order valence-electron chi connectivity index (χ2n) is 8.03. The van der Waals surface area contributed by atoms with Crippen LogP contribution in [-0.2, 0) is 4.74 Å². The number of fused-ring (bicyclic) bond motifs is 1. The molecular formula is C21H29N4O3S+. The van der Waals surface area contributed by atoms with Gasteiger partial charge in [-0.25, -0.2) is 4.98 Å². The molecule has 1 unspecified atom stereocenters. The van der Waals surface area contributed by atoms with Crippen LogP contribution in [0.2, 0.25) is 0 Å². The van der Waals surface area contributed by atoms with Crippen LogP contribution >= 0.6 is 11.3 Å². The Labute approximate surface area is 174 Å². The van der Waals surface area contributed by atoms with Crippen LogP contribution in [0.4, 0.5) is 0 Å². The Kier molecular flexibility index (Phi) is 6.69. The van der Waals surface area contributed by atoms with Crippen molar-refractivity contribution in [2.24, 2.45) is 0 Å². The van der Waals surface area contributed by atoms with Gasteiger partial charge in [0.15, 0.2) is 0 Å². The molecule has 8 heteroatoms. The van der Waals surface area contributed by atoms with Crippen LogP contribution in [0.1, 0.15) is 32.0 Å². The molecule has 0 fully saturated rings. The van der Waals surface area contributed by atoms with Crippen molar-refractivity contribution in [3.05, 3.63) is 51.6 Å². The Hall–Kier alpha value is -2.26. The molecule has 1 amide bonds. The summed E-state index contributed by atoms with van der Waals surface area (Å²) in [6.07, 6.45) is 0.912. The Bertz CT molecular complexity index is 974. The lowest BCUT2D eigenvalue weighted by atomic mass is 10.1. The van der Waals surface area contributed by atoms with E-state index in [1.54, 1.807) is 6.20 Å². The van der Waals surface area contributed by atoms with Gasteiger partial charge in [-0.2, -0.15) is 0 Å². The number of carbonyl (C=O) groups is 1. The smallest absolute Gasteiger partial charge is 0.271 e. The summed E-state index contributed by atoms with van der Waals surface area (Å²) in [6.45, 7) is 4.28. The first kappa shape index (κ1) is 21.4. The Balaban J connectivity index is 1.59. The predicted molar refractivity (Wildman–Crippen MR) is 115 cm³/mol. The van der Waals surface area contributed by atoms with Crippen LogP contribution in [0.3, 0.4) is 0 Å². The van der Waals surface area contributed by atoms with Gasteiger partial charge in [0.1, 0.15) is 23.4 Å². The van der Waals surface area contributed by atoms with E-state index < -0.39 is 6.10 Å². The van der Waals surface area contributed by atoms with Crippen molar-refractivity contribution >= 4 is 28.1 Å². The van der Waals surface area contributed by atoms with E-state index in [4.69, 9.17) is 4.74 Å². The number of hydrogen-bond donors (Lipinski definition) is 3. The van der Waals surface area contributed by atoms with E-state index in [0.717, 1.165) is 32.4 Å². The van der Waals surface area contributed by atoms with Crippen molar-refractivity contribution in [3.63, 3.8) is 0 Å². The van der Waals surface area contributed by atoms with Crippen molar-refractivity contribution < 1.29 is 19.1 Å². The predicted octanol–water partition coefficient (Wildman–Crippen LogP) is 2.47. The summed E-state index contributed by atoms with van der Waals surface area (Å²) in [5, 5.41) is 15.1. The lowest BCUT2D eigenvalue weighted by molar-refractivity contribution is -0.870. The fourth-order valence-electron chi connectivity index (χ4n) is 2.96. The van der Waals surface area contributed by atoms with Gasteiger partial charge in [0, 0.05) is 34.1 Å². The highest BCUT2D eigenvalue weighted by molar-refractivity contribution is 7.12. The average molecular weight is 418 g/mol. The maximum atomic E-state index is 12.5. The number of aliphatic hydroxyl groups excluding tert-OH is 1. The zero-order chi connectivity index (χ0) is 21.0. The van der Waals surface area contributed by atoms with Gasteiger partial charge in [-0.05, 0) is 13.0 Å². The number of aromatic nitrogens is 2. The molecule has 0 saturated heterocycles. The normalized spacial score (nSPS) is 13.0. The van der Waals surface area contributed by atoms with E-state index >= 15 is 0 Å². The van der Waals surface area contributed by atoms with E-state index in [2.05, 4.69) is 36.4 Å². The number of likely N-dealkylation sites (N-methyl/N-ethyl adjacent to an activating group) is 1. The first-order chi connectivity index (χ1) is 13.8. The van der Waals surface area contributed by atoms with Gasteiger partial charge in [-0.1, -0.05) is 18.2 Å². The number of aromatic amines is 1. The molecule has 29 heavy (non-hydrogen) atoms. The fraction of sp³-hybridized carbons (Fsp3) is 0.429. The number of hydrogen-bond acceptors (Lipinski definition) is 5. The van der Waals surface area contributed by atoms with Crippen LogP contribution < -0.4 is 5.32 Å². The Morgan fingerprint density at radius 2 is 2.07 bits per heavy atom. The van der Waals surface area contributed by atoms with E-state index in [-0.39, 0.29) is 5.91 Å². The molecule has 1 aromatic carbocycles. The van der Waals surface area contributed by atoms with Crippen LogP contribution in [0, 0.1) is 6.92 Å². The quantitative estimate of drug-likeness (QED) is 0.369. The Morgan fingerprint density at radius 1 is 1.31 bits per heavy atom. The molecule has 0 aliphatic rings. The zero-order valence-electron chi connectivity index (χ0n) is 17.4. The summed E-state index contributed by atoms with van der Waals surface area (Å²) < 4.78 is 6.41. The third-order valence-electron chi connectivity index (χ3n) is 4.62. The standard InChI is InChI=1S/C21H28N4O3S/c1-14-18(20(27)22-9-11-28-12-10-25(2,3)4)24-21(29-14)19(26)16-13-23-17-8-6-5-7-15(16)17/h5-8,13,19,23,26H,9-12H2,1-4H3/p+1. The monoisotopic (exact) mass is 417 g/mol. The SMILES string of the molecule is Cc1sc(C(O)c2c[nH]c3ccccc23)nc1C(=O)NCCOCC[N+](C)(C)C. The van der Waals surface area contributed by atoms with Gasteiger partial charge in [0.05, 0.1) is 34.4 Å². The number of carbonyl (C=O) groups excluding carboxylic acids is 1. The van der Waals surface area contributed by atoms with Crippen molar-refractivity contribution in [2.75, 3.05) is 47.4 Å². The lowest BCUT2D eigenvalue weighted by Crippen LogP contribution is -2.38. The maximum Gasteiger partial charge on any atom is 0.271 e. The highest BCUT2D eigenvalue weighted by atomic mass is 32.1. The van der Waals surface area contributed by atoms with Gasteiger partial charge >= 0.3 is 0 Å². The number of nitrogens with zero attached hydrogens (tertiary/aromatic N) is 2. The number of para-hydroxylation sites is 1. The first-order valence-electron chi connectivity index (χ1n) is 9.64. The molecule has 2 aromatic heterocycles. The van der Waals surface area contributed by atoms with Crippen molar-refractivity contribution in [1.82, 2.24) is 15.3 Å². The third kappa shape index (κ3) is 5.42. The van der Waals surface area contributed by atoms with E-state index in [1.807, 2.05) is 31.2 Å². The number of thiazole rings is 1. The number of rotatable bonds is 9. The van der Waals surface area contributed by atoms with E-state index in [0.29, 0.717) is 30.5 Å². The third-order valence-corrected chi connectivity index (χ3v) is 5.64. The van der Waals surface area contributed by atoms with Gasteiger partial charge in [-0.15, -0.1) is 11.3 Å². The molecule has 0 spiro atoms. The Morgan fingerprint density at radius 3 is 2.83 bits per heavy atom. The van der Waals surface area contributed by atoms with Crippen molar-refractivity contribution in [1.29, 1.82) is 0 Å². The summed E-state index contributed by atoms with van der Waals surface area (Å²) in [5.74, 6) is -0.244. The summed E-state index contributed by atoms with van der Waals surface area (Å²) >= 11 is 1.34. The van der Waals surface area contributed by atoms with Gasteiger partial charge < -0.3 is 24.6 Å². The molecule has 0 bridgehead atoms. The molecule has 156 valence electrons. The van der Waals surface area contributed by atoms with Crippen LogP contribution in [0.5, 0.6) is 0 Å². The summed E-state index contributed by atoms with van der Waals surface area (Å²) in [5.41, 5.74) is 2.07. The largest absolute Gasteiger partial charge is 0.381 e. The minimum atomic E-state index is -0.879. The molecule has 2 heterocycles. The molecular weight excluding hydrogens is 388 g/mol. The highest BCUT2D eigenvalue weighted by Gasteiger charge is 2.22. The summed E-state index contributed by atoms with van der Waals surface area (Å²) in [4.78, 5) is 20.8.